The summed E-state index contributed by atoms with van der Waals surface area (Å²) in [7, 11) is 1.64. The van der Waals surface area contributed by atoms with Crippen LogP contribution in [0.2, 0.25) is 0 Å². The monoisotopic (exact) mass is 296 g/mol. The second-order valence-corrected chi connectivity index (χ2v) is 5.63. The van der Waals surface area contributed by atoms with Crippen molar-refractivity contribution in [1.82, 2.24) is 5.32 Å². The topological polar surface area (TPSA) is 64.3 Å². The summed E-state index contributed by atoms with van der Waals surface area (Å²) in [5.41, 5.74) is 8.44. The van der Waals surface area contributed by atoms with Gasteiger partial charge in [-0.05, 0) is 35.6 Å². The van der Waals surface area contributed by atoms with Crippen LogP contribution in [-0.4, -0.2) is 13.0 Å². The smallest absolute Gasteiger partial charge is 0.244 e. The third-order valence-corrected chi connectivity index (χ3v) is 4.30. The van der Waals surface area contributed by atoms with E-state index in [1.54, 1.807) is 7.11 Å². The molecule has 3 rings (SSSR count). The number of rotatable bonds is 4. The minimum atomic E-state index is -0.974. The highest BCUT2D eigenvalue weighted by Crippen LogP contribution is 2.39. The number of hydrogen-bond donors (Lipinski definition) is 2. The Kier molecular flexibility index (Phi) is 3.86. The van der Waals surface area contributed by atoms with Gasteiger partial charge in [-0.15, -0.1) is 0 Å². The van der Waals surface area contributed by atoms with Crippen LogP contribution in [0.5, 0.6) is 5.75 Å². The lowest BCUT2D eigenvalue weighted by Gasteiger charge is -2.24. The minimum Gasteiger partial charge on any atom is -0.496 e. The third-order valence-electron chi connectivity index (χ3n) is 4.30. The van der Waals surface area contributed by atoms with Crippen LogP contribution in [0.1, 0.15) is 23.1 Å². The van der Waals surface area contributed by atoms with E-state index in [0.29, 0.717) is 13.0 Å². The lowest BCUT2D eigenvalue weighted by atomic mass is 9.91. The molecular weight excluding hydrogens is 276 g/mol. The Morgan fingerprint density at radius 2 is 2.00 bits per heavy atom. The summed E-state index contributed by atoms with van der Waals surface area (Å²) in [4.78, 5) is 12.6. The molecule has 1 amide bonds. The fourth-order valence-corrected chi connectivity index (χ4v) is 3.06. The van der Waals surface area contributed by atoms with E-state index in [0.717, 1.165) is 28.9 Å². The summed E-state index contributed by atoms with van der Waals surface area (Å²) in [6.45, 7) is 0.484. The van der Waals surface area contributed by atoms with Gasteiger partial charge in [0.15, 0.2) is 0 Å². The van der Waals surface area contributed by atoms with Crippen LogP contribution >= 0.6 is 0 Å². The van der Waals surface area contributed by atoms with Gasteiger partial charge < -0.3 is 15.8 Å². The number of methoxy groups -OCH3 is 1. The van der Waals surface area contributed by atoms with Crippen LogP contribution in [0, 0.1) is 0 Å². The molecule has 0 heterocycles. The van der Waals surface area contributed by atoms with E-state index < -0.39 is 5.54 Å². The van der Waals surface area contributed by atoms with E-state index in [4.69, 9.17) is 10.5 Å². The van der Waals surface area contributed by atoms with E-state index in [2.05, 4.69) is 5.32 Å². The quantitative estimate of drug-likeness (QED) is 0.908. The van der Waals surface area contributed by atoms with Gasteiger partial charge in [-0.3, -0.25) is 4.79 Å². The standard InChI is InChI=1S/C18H20N2O2/c1-22-16-9-5-8-15-14(16)10-11-18(15,19)17(21)20-12-13-6-3-2-4-7-13/h2-9H,10-12,19H2,1H3,(H,20,21). The Balaban J connectivity index is 1.79. The Morgan fingerprint density at radius 1 is 1.23 bits per heavy atom. The van der Waals surface area contributed by atoms with Crippen LogP contribution < -0.4 is 15.8 Å². The molecule has 2 aromatic carbocycles. The van der Waals surface area contributed by atoms with Crippen LogP contribution in [-0.2, 0) is 23.3 Å². The molecule has 0 radical (unpaired) electrons. The molecule has 2 aromatic rings. The van der Waals surface area contributed by atoms with Crippen molar-refractivity contribution in [3.8, 4) is 5.75 Å². The zero-order valence-corrected chi connectivity index (χ0v) is 12.6. The lowest BCUT2D eigenvalue weighted by Crippen LogP contribution is -2.49. The molecule has 1 aliphatic carbocycles. The second kappa shape index (κ2) is 5.81. The van der Waals surface area contributed by atoms with Crippen molar-refractivity contribution in [2.24, 2.45) is 5.73 Å². The molecular formula is C18H20N2O2. The van der Waals surface area contributed by atoms with Crippen molar-refractivity contribution < 1.29 is 9.53 Å². The maximum atomic E-state index is 12.6. The van der Waals surface area contributed by atoms with Crippen molar-refractivity contribution in [2.75, 3.05) is 7.11 Å². The molecule has 4 nitrogen and oxygen atoms in total. The second-order valence-electron chi connectivity index (χ2n) is 5.63. The van der Waals surface area contributed by atoms with Gasteiger partial charge in [0, 0.05) is 6.54 Å². The van der Waals surface area contributed by atoms with Crippen LogP contribution in [0.3, 0.4) is 0 Å². The highest BCUT2D eigenvalue weighted by Gasteiger charge is 2.42. The molecule has 4 heteroatoms. The number of nitrogens with one attached hydrogen (secondary N) is 1. The summed E-state index contributed by atoms with van der Waals surface area (Å²) in [5, 5.41) is 2.96. The third kappa shape index (κ3) is 2.46. The Bertz CT molecular complexity index is 685. The highest BCUT2D eigenvalue weighted by atomic mass is 16.5. The highest BCUT2D eigenvalue weighted by molar-refractivity contribution is 5.89. The molecule has 1 atom stereocenters. The molecule has 0 aliphatic heterocycles. The van der Waals surface area contributed by atoms with E-state index in [1.807, 2.05) is 48.5 Å². The Labute approximate surface area is 130 Å². The normalized spacial score (nSPS) is 19.5. The molecule has 3 N–H and O–H groups in total. The summed E-state index contributed by atoms with van der Waals surface area (Å²) in [6.07, 6.45) is 1.36. The van der Waals surface area contributed by atoms with Crippen LogP contribution in [0.4, 0.5) is 0 Å². The summed E-state index contributed by atoms with van der Waals surface area (Å²) in [6, 6.07) is 15.5. The largest absolute Gasteiger partial charge is 0.496 e. The summed E-state index contributed by atoms with van der Waals surface area (Å²) in [5.74, 6) is 0.670. The predicted molar refractivity (Wildman–Crippen MR) is 85.5 cm³/mol. The van der Waals surface area contributed by atoms with Crippen molar-refractivity contribution in [3.63, 3.8) is 0 Å². The van der Waals surface area contributed by atoms with Crippen molar-refractivity contribution in [3.05, 3.63) is 65.2 Å². The van der Waals surface area contributed by atoms with Gasteiger partial charge in [0.2, 0.25) is 5.91 Å². The van der Waals surface area contributed by atoms with Gasteiger partial charge in [-0.1, -0.05) is 42.5 Å². The molecule has 0 saturated carbocycles. The maximum absolute atomic E-state index is 12.6. The van der Waals surface area contributed by atoms with E-state index in [9.17, 15) is 4.79 Å². The van der Waals surface area contributed by atoms with Gasteiger partial charge in [-0.2, -0.15) is 0 Å². The van der Waals surface area contributed by atoms with Gasteiger partial charge in [0.25, 0.3) is 0 Å². The minimum absolute atomic E-state index is 0.136. The molecule has 1 unspecified atom stereocenters. The summed E-state index contributed by atoms with van der Waals surface area (Å²) >= 11 is 0. The molecule has 1 aliphatic rings. The first-order valence-electron chi connectivity index (χ1n) is 7.42. The number of carbonyl (C=O) groups is 1. The predicted octanol–water partition coefficient (Wildman–Crippen LogP) is 2.11. The van der Waals surface area contributed by atoms with Crippen molar-refractivity contribution in [2.45, 2.75) is 24.9 Å². The first kappa shape index (κ1) is 14.6. The molecule has 0 bridgehead atoms. The van der Waals surface area contributed by atoms with E-state index in [-0.39, 0.29) is 5.91 Å². The van der Waals surface area contributed by atoms with Gasteiger partial charge in [0.1, 0.15) is 11.3 Å². The number of hydrogen-bond acceptors (Lipinski definition) is 3. The number of amides is 1. The first-order valence-corrected chi connectivity index (χ1v) is 7.42. The molecule has 0 saturated heterocycles. The average Bonchev–Trinajstić information content (AvgIpc) is 2.92. The first-order chi connectivity index (χ1) is 10.6. The van der Waals surface area contributed by atoms with Crippen LogP contribution in [0.25, 0.3) is 0 Å². The van der Waals surface area contributed by atoms with E-state index in [1.165, 1.54) is 0 Å². The number of ether oxygens (including phenoxy) is 1. The van der Waals surface area contributed by atoms with Crippen LogP contribution in [0.15, 0.2) is 48.5 Å². The number of carbonyl (C=O) groups excluding carboxylic acids is 1. The zero-order valence-electron chi connectivity index (χ0n) is 12.6. The Morgan fingerprint density at radius 3 is 2.73 bits per heavy atom. The number of fused-ring (bicyclic) bond motifs is 1. The fourth-order valence-electron chi connectivity index (χ4n) is 3.06. The van der Waals surface area contributed by atoms with Gasteiger partial charge in [-0.25, -0.2) is 0 Å². The number of nitrogens with two attached hydrogens (primary N) is 1. The molecule has 0 spiro atoms. The lowest BCUT2D eigenvalue weighted by molar-refractivity contribution is -0.126. The van der Waals surface area contributed by atoms with E-state index >= 15 is 0 Å². The summed E-state index contributed by atoms with van der Waals surface area (Å²) < 4.78 is 5.37. The molecule has 22 heavy (non-hydrogen) atoms. The number of benzene rings is 2. The van der Waals surface area contributed by atoms with Crippen molar-refractivity contribution in [1.29, 1.82) is 0 Å². The molecule has 0 aromatic heterocycles. The average molecular weight is 296 g/mol. The zero-order chi connectivity index (χ0) is 15.6. The fraction of sp³-hybridized carbons (Fsp3) is 0.278. The SMILES string of the molecule is COc1cccc2c1CCC2(N)C(=O)NCc1ccccc1. The van der Waals surface area contributed by atoms with Crippen molar-refractivity contribution >= 4 is 5.91 Å². The van der Waals surface area contributed by atoms with Gasteiger partial charge >= 0.3 is 0 Å². The maximum Gasteiger partial charge on any atom is 0.244 e. The van der Waals surface area contributed by atoms with Gasteiger partial charge in [0.05, 0.1) is 7.11 Å². The molecule has 114 valence electrons. The molecule has 0 fully saturated rings. The Hall–Kier alpha value is -2.33.